The Labute approximate surface area is 82.6 Å². The molecule has 0 aromatic carbocycles. The monoisotopic (exact) mass is 201 g/mol. The van der Waals surface area contributed by atoms with Crippen molar-refractivity contribution in [1.29, 1.82) is 0 Å². The van der Waals surface area contributed by atoms with Gasteiger partial charge in [0.2, 0.25) is 0 Å². The molecule has 1 N–H and O–H groups in total. The Morgan fingerprint density at radius 2 is 2.14 bits per heavy atom. The normalized spacial score (nSPS) is 20.5. The molecule has 0 aliphatic carbocycles. The maximum atomic E-state index is 10.6. The number of hydrogen-bond donors (Lipinski definition) is 1. The van der Waals surface area contributed by atoms with Gasteiger partial charge in [0, 0.05) is 13.1 Å². The van der Waals surface area contributed by atoms with Crippen molar-refractivity contribution in [3.63, 3.8) is 0 Å². The first-order chi connectivity index (χ1) is 6.63. The van der Waals surface area contributed by atoms with Crippen molar-refractivity contribution in [3.05, 3.63) is 0 Å². The minimum Gasteiger partial charge on any atom is -0.465 e. The van der Waals surface area contributed by atoms with Crippen LogP contribution in [-0.2, 0) is 9.53 Å². The Balaban J connectivity index is 2.28. The van der Waals surface area contributed by atoms with Gasteiger partial charge in [-0.25, -0.2) is 4.79 Å². The molecule has 1 heterocycles. The lowest BCUT2D eigenvalue weighted by molar-refractivity contribution is -0.122. The lowest BCUT2D eigenvalue weighted by atomic mass is 10.1. The Kier molecular flexibility index (Phi) is 3.88. The molecule has 1 atom stereocenters. The van der Waals surface area contributed by atoms with Crippen LogP contribution in [0.4, 0.5) is 4.79 Å². The van der Waals surface area contributed by atoms with Crippen molar-refractivity contribution in [2.45, 2.75) is 32.0 Å². The summed E-state index contributed by atoms with van der Waals surface area (Å²) >= 11 is 0. The summed E-state index contributed by atoms with van der Waals surface area (Å²) in [6.07, 6.45) is 0.840. The molecule has 0 radical (unpaired) electrons. The first kappa shape index (κ1) is 11.0. The van der Waals surface area contributed by atoms with Gasteiger partial charge >= 0.3 is 6.09 Å². The highest BCUT2D eigenvalue weighted by atomic mass is 16.5. The average molecular weight is 201 g/mol. The predicted octanol–water partition coefficient (Wildman–Crippen LogP) is 0.733. The topological polar surface area (TPSA) is 66.8 Å². The molecular weight excluding hydrogens is 186 g/mol. The molecule has 1 aliphatic rings. The quantitative estimate of drug-likeness (QED) is 0.683. The molecule has 1 fully saturated rings. The van der Waals surface area contributed by atoms with Crippen LogP contribution in [0.5, 0.6) is 0 Å². The Hall–Kier alpha value is -1.10. The van der Waals surface area contributed by atoms with Gasteiger partial charge in [-0.3, -0.25) is 0 Å². The molecule has 0 saturated carbocycles. The molecule has 1 saturated heterocycles. The summed E-state index contributed by atoms with van der Waals surface area (Å²) in [6.45, 7) is 2.67. The van der Waals surface area contributed by atoms with Gasteiger partial charge in [0.15, 0.2) is 0 Å². The van der Waals surface area contributed by atoms with E-state index in [1.54, 1.807) is 6.92 Å². The number of hydrogen-bond acceptors (Lipinski definition) is 3. The zero-order valence-electron chi connectivity index (χ0n) is 8.18. The zero-order valence-corrected chi connectivity index (χ0v) is 8.18. The van der Waals surface area contributed by atoms with Crippen LogP contribution >= 0.6 is 0 Å². The van der Waals surface area contributed by atoms with Crippen molar-refractivity contribution in [3.8, 4) is 0 Å². The lowest BCUT2D eigenvalue weighted by Gasteiger charge is -2.30. The number of carbonyl (C=O) groups is 2. The van der Waals surface area contributed by atoms with Gasteiger partial charge in [-0.05, 0) is 19.8 Å². The highest BCUT2D eigenvalue weighted by Gasteiger charge is 2.23. The van der Waals surface area contributed by atoms with Gasteiger partial charge in [0.25, 0.3) is 0 Å². The molecule has 5 heteroatoms. The van der Waals surface area contributed by atoms with Gasteiger partial charge in [0.1, 0.15) is 12.4 Å². The molecule has 1 rings (SSSR count). The highest BCUT2D eigenvalue weighted by Crippen LogP contribution is 2.14. The molecular formula is C9H15NO4. The van der Waals surface area contributed by atoms with E-state index in [2.05, 4.69) is 0 Å². The number of nitrogens with zero attached hydrogens (tertiary/aromatic N) is 1. The standard InChI is InChI=1S/C9H15NO4/c1-7(6-11)14-8-2-4-10(5-3-8)9(12)13/h6-8H,2-5H2,1H3,(H,12,13)/t7-/m0/s1. The molecule has 0 aromatic heterocycles. The number of carboxylic acid groups (broad SMARTS) is 1. The van der Waals surface area contributed by atoms with Crippen LogP contribution in [0.1, 0.15) is 19.8 Å². The Morgan fingerprint density at radius 1 is 1.57 bits per heavy atom. The maximum Gasteiger partial charge on any atom is 0.407 e. The Bertz CT molecular complexity index is 211. The van der Waals surface area contributed by atoms with Crippen LogP contribution < -0.4 is 0 Å². The first-order valence-corrected chi connectivity index (χ1v) is 4.72. The van der Waals surface area contributed by atoms with Crippen LogP contribution in [0.25, 0.3) is 0 Å². The van der Waals surface area contributed by atoms with E-state index >= 15 is 0 Å². The van der Waals surface area contributed by atoms with Crippen molar-refractivity contribution in [1.82, 2.24) is 4.90 Å². The second kappa shape index (κ2) is 4.95. The average Bonchev–Trinajstić information content (AvgIpc) is 2.18. The lowest BCUT2D eigenvalue weighted by Crippen LogP contribution is -2.41. The smallest absolute Gasteiger partial charge is 0.407 e. The van der Waals surface area contributed by atoms with E-state index in [1.165, 1.54) is 4.90 Å². The molecule has 14 heavy (non-hydrogen) atoms. The Morgan fingerprint density at radius 3 is 2.57 bits per heavy atom. The van der Waals surface area contributed by atoms with E-state index in [4.69, 9.17) is 9.84 Å². The van der Waals surface area contributed by atoms with Crippen molar-refractivity contribution in [2.24, 2.45) is 0 Å². The number of rotatable bonds is 3. The summed E-state index contributed by atoms with van der Waals surface area (Å²) in [4.78, 5) is 22.3. The van der Waals surface area contributed by atoms with Crippen LogP contribution in [-0.4, -0.2) is 47.7 Å². The highest BCUT2D eigenvalue weighted by molar-refractivity contribution is 5.65. The molecule has 0 spiro atoms. The second-order valence-electron chi connectivity index (χ2n) is 3.45. The van der Waals surface area contributed by atoms with E-state index in [9.17, 15) is 9.59 Å². The van der Waals surface area contributed by atoms with E-state index < -0.39 is 12.2 Å². The van der Waals surface area contributed by atoms with Gasteiger partial charge in [-0.15, -0.1) is 0 Å². The van der Waals surface area contributed by atoms with E-state index in [0.717, 1.165) is 6.29 Å². The third-order valence-electron chi connectivity index (χ3n) is 2.31. The molecule has 1 amide bonds. The first-order valence-electron chi connectivity index (χ1n) is 4.72. The minimum atomic E-state index is -0.883. The fraction of sp³-hybridized carbons (Fsp3) is 0.778. The largest absolute Gasteiger partial charge is 0.465 e. The van der Waals surface area contributed by atoms with Crippen LogP contribution in [0, 0.1) is 0 Å². The van der Waals surface area contributed by atoms with Gasteiger partial charge < -0.3 is 19.5 Å². The van der Waals surface area contributed by atoms with Gasteiger partial charge in [-0.1, -0.05) is 0 Å². The summed E-state index contributed by atoms with van der Waals surface area (Å²) in [5.41, 5.74) is 0. The third kappa shape index (κ3) is 2.99. The molecule has 0 unspecified atom stereocenters. The SMILES string of the molecule is C[C@@H](C=O)OC1CCN(C(=O)O)CC1. The fourth-order valence-electron chi connectivity index (χ4n) is 1.52. The van der Waals surface area contributed by atoms with Crippen LogP contribution in [0.3, 0.4) is 0 Å². The minimum absolute atomic E-state index is 0.0193. The summed E-state index contributed by atoms with van der Waals surface area (Å²) in [5.74, 6) is 0. The van der Waals surface area contributed by atoms with E-state index in [1.807, 2.05) is 0 Å². The second-order valence-corrected chi connectivity index (χ2v) is 3.45. The number of ether oxygens (including phenoxy) is 1. The summed E-state index contributed by atoms with van der Waals surface area (Å²) in [5, 5.41) is 8.68. The summed E-state index contributed by atoms with van der Waals surface area (Å²) in [7, 11) is 0. The van der Waals surface area contributed by atoms with Crippen molar-refractivity contribution < 1.29 is 19.4 Å². The maximum absolute atomic E-state index is 10.6. The summed E-state index contributed by atoms with van der Waals surface area (Å²) in [6, 6.07) is 0. The number of likely N-dealkylation sites (tertiary alicyclic amines) is 1. The number of piperidine rings is 1. The molecule has 5 nitrogen and oxygen atoms in total. The van der Waals surface area contributed by atoms with Gasteiger partial charge in [-0.2, -0.15) is 0 Å². The van der Waals surface area contributed by atoms with Crippen molar-refractivity contribution >= 4 is 12.4 Å². The van der Waals surface area contributed by atoms with Gasteiger partial charge in [0.05, 0.1) is 6.10 Å². The van der Waals surface area contributed by atoms with Crippen LogP contribution in [0.15, 0.2) is 0 Å². The zero-order chi connectivity index (χ0) is 10.6. The number of aldehydes is 1. The van der Waals surface area contributed by atoms with E-state index in [0.29, 0.717) is 25.9 Å². The van der Waals surface area contributed by atoms with E-state index in [-0.39, 0.29) is 6.10 Å². The van der Waals surface area contributed by atoms with Crippen LogP contribution in [0.2, 0.25) is 0 Å². The molecule has 0 bridgehead atoms. The molecule has 80 valence electrons. The fourth-order valence-corrected chi connectivity index (χ4v) is 1.52. The number of carbonyl (C=O) groups excluding carboxylic acids is 1. The predicted molar refractivity (Wildman–Crippen MR) is 49.2 cm³/mol. The summed E-state index contributed by atoms with van der Waals surface area (Å²) < 4.78 is 5.38. The molecule has 1 aliphatic heterocycles. The van der Waals surface area contributed by atoms with Crippen molar-refractivity contribution in [2.75, 3.05) is 13.1 Å². The third-order valence-corrected chi connectivity index (χ3v) is 2.31. The number of amides is 1. The molecule has 0 aromatic rings.